The van der Waals surface area contributed by atoms with Crippen molar-refractivity contribution < 1.29 is 9.94 Å². The number of amidine groups is 1. The van der Waals surface area contributed by atoms with Crippen LogP contribution in [0.3, 0.4) is 0 Å². The SMILES string of the molecule is Cc1cc(C(N)=NO)ccc1N1CCCOCC1. The van der Waals surface area contributed by atoms with E-state index < -0.39 is 0 Å². The summed E-state index contributed by atoms with van der Waals surface area (Å²) in [4.78, 5) is 2.32. The summed E-state index contributed by atoms with van der Waals surface area (Å²) in [5.41, 5.74) is 8.64. The lowest BCUT2D eigenvalue weighted by Gasteiger charge is -2.24. The van der Waals surface area contributed by atoms with Gasteiger partial charge in [0.25, 0.3) is 0 Å². The number of nitrogens with zero attached hydrogens (tertiary/aromatic N) is 2. The van der Waals surface area contributed by atoms with Crippen LogP contribution in [0.4, 0.5) is 5.69 Å². The fourth-order valence-electron chi connectivity index (χ4n) is 2.21. The largest absolute Gasteiger partial charge is 0.409 e. The lowest BCUT2D eigenvalue weighted by Crippen LogP contribution is -2.26. The Balaban J connectivity index is 2.23. The Morgan fingerprint density at radius 3 is 2.94 bits per heavy atom. The zero-order chi connectivity index (χ0) is 13.0. The van der Waals surface area contributed by atoms with Crippen LogP contribution in [0.5, 0.6) is 0 Å². The summed E-state index contributed by atoms with van der Waals surface area (Å²) in [5.74, 6) is 0.142. The molecule has 1 aromatic carbocycles. The fraction of sp³-hybridized carbons (Fsp3) is 0.462. The van der Waals surface area contributed by atoms with Crippen LogP contribution >= 0.6 is 0 Å². The van der Waals surface area contributed by atoms with Gasteiger partial charge in [0, 0.05) is 30.9 Å². The Kier molecular flexibility index (Phi) is 4.04. The number of aryl methyl sites for hydroxylation is 1. The molecule has 0 amide bonds. The normalized spacial score (nSPS) is 17.6. The highest BCUT2D eigenvalue weighted by atomic mass is 16.5. The summed E-state index contributed by atoms with van der Waals surface area (Å²) in [6.07, 6.45) is 1.04. The van der Waals surface area contributed by atoms with E-state index in [1.807, 2.05) is 25.1 Å². The minimum Gasteiger partial charge on any atom is -0.409 e. The number of anilines is 1. The summed E-state index contributed by atoms with van der Waals surface area (Å²) < 4.78 is 5.45. The average Bonchev–Trinajstić information content (AvgIpc) is 2.66. The summed E-state index contributed by atoms with van der Waals surface area (Å²) in [5, 5.41) is 11.7. The van der Waals surface area contributed by atoms with Gasteiger partial charge in [0.2, 0.25) is 0 Å². The van der Waals surface area contributed by atoms with Crippen LogP contribution in [0.2, 0.25) is 0 Å². The third-order valence-electron chi connectivity index (χ3n) is 3.16. The van der Waals surface area contributed by atoms with Crippen LogP contribution in [-0.4, -0.2) is 37.3 Å². The maximum Gasteiger partial charge on any atom is 0.170 e. The van der Waals surface area contributed by atoms with Crippen LogP contribution in [0, 0.1) is 6.92 Å². The van der Waals surface area contributed by atoms with E-state index >= 15 is 0 Å². The van der Waals surface area contributed by atoms with Crippen LogP contribution in [0.15, 0.2) is 23.4 Å². The smallest absolute Gasteiger partial charge is 0.170 e. The van der Waals surface area contributed by atoms with Crippen LogP contribution in [-0.2, 0) is 4.74 Å². The van der Waals surface area contributed by atoms with Crippen molar-refractivity contribution in [1.29, 1.82) is 0 Å². The predicted octanol–water partition coefficient (Wildman–Crippen LogP) is 1.32. The van der Waals surface area contributed by atoms with Crippen LogP contribution in [0.25, 0.3) is 0 Å². The van der Waals surface area contributed by atoms with Crippen molar-refractivity contribution in [3.63, 3.8) is 0 Å². The van der Waals surface area contributed by atoms with E-state index in [2.05, 4.69) is 10.1 Å². The summed E-state index contributed by atoms with van der Waals surface area (Å²) >= 11 is 0. The zero-order valence-corrected chi connectivity index (χ0v) is 10.6. The van der Waals surface area contributed by atoms with Gasteiger partial charge in [-0.3, -0.25) is 0 Å². The van der Waals surface area contributed by atoms with E-state index in [1.54, 1.807) is 0 Å². The van der Waals surface area contributed by atoms with Crippen molar-refractivity contribution in [1.82, 2.24) is 0 Å². The second-order valence-corrected chi connectivity index (χ2v) is 4.44. The molecule has 1 aliphatic rings. The number of hydrogen-bond acceptors (Lipinski definition) is 4. The quantitative estimate of drug-likeness (QED) is 0.359. The Bertz CT molecular complexity index is 438. The van der Waals surface area contributed by atoms with Gasteiger partial charge in [0.1, 0.15) is 0 Å². The van der Waals surface area contributed by atoms with E-state index in [0.29, 0.717) is 0 Å². The maximum atomic E-state index is 8.67. The van der Waals surface area contributed by atoms with E-state index in [9.17, 15) is 0 Å². The number of benzene rings is 1. The van der Waals surface area contributed by atoms with Crippen molar-refractivity contribution in [3.8, 4) is 0 Å². The Morgan fingerprint density at radius 1 is 1.39 bits per heavy atom. The van der Waals surface area contributed by atoms with Crippen molar-refractivity contribution >= 4 is 11.5 Å². The molecule has 1 aliphatic heterocycles. The average molecular weight is 249 g/mol. The second kappa shape index (κ2) is 5.73. The van der Waals surface area contributed by atoms with Gasteiger partial charge >= 0.3 is 0 Å². The Labute approximate surface area is 107 Å². The first-order valence-electron chi connectivity index (χ1n) is 6.13. The molecular formula is C13H19N3O2. The van der Waals surface area contributed by atoms with Gasteiger partial charge in [-0.15, -0.1) is 0 Å². The predicted molar refractivity (Wildman–Crippen MR) is 71.3 cm³/mol. The summed E-state index contributed by atoms with van der Waals surface area (Å²) in [6, 6.07) is 5.84. The maximum absolute atomic E-state index is 8.67. The molecule has 5 heteroatoms. The molecule has 1 saturated heterocycles. The second-order valence-electron chi connectivity index (χ2n) is 4.44. The number of rotatable bonds is 2. The van der Waals surface area contributed by atoms with Gasteiger partial charge in [-0.25, -0.2) is 0 Å². The third kappa shape index (κ3) is 2.73. The first-order chi connectivity index (χ1) is 8.72. The van der Waals surface area contributed by atoms with E-state index in [4.69, 9.17) is 15.7 Å². The Hall–Kier alpha value is -1.75. The highest BCUT2D eigenvalue weighted by Crippen LogP contribution is 2.22. The summed E-state index contributed by atoms with van der Waals surface area (Å²) in [7, 11) is 0. The standard InChI is InChI=1S/C13H19N3O2/c1-10-9-11(13(14)15-17)3-4-12(10)16-5-2-7-18-8-6-16/h3-4,9,17H,2,5-8H2,1H3,(H2,14,15). The molecule has 98 valence electrons. The van der Waals surface area contributed by atoms with E-state index in [0.717, 1.165) is 43.9 Å². The monoisotopic (exact) mass is 249 g/mol. The van der Waals surface area contributed by atoms with Crippen LogP contribution < -0.4 is 10.6 Å². The molecule has 1 heterocycles. The molecule has 0 bridgehead atoms. The molecule has 1 fully saturated rings. The molecule has 0 atom stereocenters. The lowest BCUT2D eigenvalue weighted by molar-refractivity contribution is 0.152. The number of nitrogens with two attached hydrogens (primary N) is 1. The van der Waals surface area contributed by atoms with E-state index in [1.165, 1.54) is 5.69 Å². The molecule has 3 N–H and O–H groups in total. The molecule has 18 heavy (non-hydrogen) atoms. The van der Waals surface area contributed by atoms with Gasteiger partial charge in [-0.1, -0.05) is 5.16 Å². The minimum absolute atomic E-state index is 0.142. The van der Waals surface area contributed by atoms with Crippen molar-refractivity contribution in [3.05, 3.63) is 29.3 Å². The van der Waals surface area contributed by atoms with Crippen molar-refractivity contribution in [2.45, 2.75) is 13.3 Å². The molecule has 0 radical (unpaired) electrons. The number of hydrogen-bond donors (Lipinski definition) is 2. The van der Waals surface area contributed by atoms with Gasteiger partial charge < -0.3 is 20.6 Å². The molecule has 0 aromatic heterocycles. The molecule has 0 spiro atoms. The third-order valence-corrected chi connectivity index (χ3v) is 3.16. The van der Waals surface area contributed by atoms with Crippen LogP contribution in [0.1, 0.15) is 17.5 Å². The molecule has 5 nitrogen and oxygen atoms in total. The lowest BCUT2D eigenvalue weighted by atomic mass is 10.1. The first kappa shape index (κ1) is 12.7. The first-order valence-corrected chi connectivity index (χ1v) is 6.13. The van der Waals surface area contributed by atoms with Gasteiger partial charge in [0.15, 0.2) is 5.84 Å². The molecule has 0 saturated carbocycles. The molecule has 1 aromatic rings. The van der Waals surface area contributed by atoms with Gasteiger partial charge in [-0.05, 0) is 37.1 Å². The molecular weight excluding hydrogens is 230 g/mol. The van der Waals surface area contributed by atoms with Gasteiger partial charge in [-0.2, -0.15) is 0 Å². The fourth-order valence-corrected chi connectivity index (χ4v) is 2.21. The molecule has 2 rings (SSSR count). The minimum atomic E-state index is 0.142. The van der Waals surface area contributed by atoms with Gasteiger partial charge in [0.05, 0.1) is 6.61 Å². The molecule has 0 unspecified atom stereocenters. The topological polar surface area (TPSA) is 71.1 Å². The van der Waals surface area contributed by atoms with Crippen molar-refractivity contribution in [2.24, 2.45) is 10.9 Å². The highest BCUT2D eigenvalue weighted by molar-refractivity contribution is 5.97. The number of oxime groups is 1. The zero-order valence-electron chi connectivity index (χ0n) is 10.6. The number of ether oxygens (including phenoxy) is 1. The Morgan fingerprint density at radius 2 is 2.22 bits per heavy atom. The van der Waals surface area contributed by atoms with E-state index in [-0.39, 0.29) is 5.84 Å². The van der Waals surface area contributed by atoms with Crippen molar-refractivity contribution in [2.75, 3.05) is 31.2 Å². The summed E-state index contributed by atoms with van der Waals surface area (Å²) in [6.45, 7) is 5.54. The highest BCUT2D eigenvalue weighted by Gasteiger charge is 2.13. The molecule has 0 aliphatic carbocycles.